The summed E-state index contributed by atoms with van der Waals surface area (Å²) in [5.41, 5.74) is 1.21. The van der Waals surface area contributed by atoms with Gasteiger partial charge in [-0.3, -0.25) is 4.79 Å². The molecule has 6 heteroatoms. The number of carbonyl (C=O) groups is 2. The Morgan fingerprint density at radius 2 is 1.96 bits per heavy atom. The molecule has 2 fully saturated rings. The number of ether oxygens (including phenoxy) is 1. The van der Waals surface area contributed by atoms with E-state index < -0.39 is 0 Å². The fraction of sp³-hybridized carbons (Fsp3) is 0.600. The molecule has 26 heavy (non-hydrogen) atoms. The first-order valence-electron chi connectivity index (χ1n) is 9.53. The summed E-state index contributed by atoms with van der Waals surface area (Å²) in [6.45, 7) is 6.47. The van der Waals surface area contributed by atoms with Gasteiger partial charge in [-0.15, -0.1) is 0 Å². The van der Waals surface area contributed by atoms with Gasteiger partial charge in [0.1, 0.15) is 0 Å². The predicted octanol–water partition coefficient (Wildman–Crippen LogP) is 1.80. The molecule has 0 radical (unpaired) electrons. The van der Waals surface area contributed by atoms with E-state index >= 15 is 0 Å². The Morgan fingerprint density at radius 1 is 1.19 bits per heavy atom. The number of hydrogen-bond acceptors (Lipinski definition) is 3. The highest BCUT2D eigenvalue weighted by Gasteiger charge is 2.45. The molecule has 0 saturated carbocycles. The number of amides is 3. The van der Waals surface area contributed by atoms with E-state index in [1.54, 1.807) is 4.90 Å². The molecule has 142 valence electrons. The summed E-state index contributed by atoms with van der Waals surface area (Å²) >= 11 is 0. The first-order valence-corrected chi connectivity index (χ1v) is 9.53. The van der Waals surface area contributed by atoms with Crippen LogP contribution >= 0.6 is 0 Å². The molecule has 3 rings (SSSR count). The lowest BCUT2D eigenvalue weighted by Crippen LogP contribution is -2.51. The van der Waals surface area contributed by atoms with Gasteiger partial charge in [-0.25, -0.2) is 4.79 Å². The van der Waals surface area contributed by atoms with Crippen molar-refractivity contribution in [1.29, 1.82) is 0 Å². The van der Waals surface area contributed by atoms with E-state index in [0.717, 1.165) is 6.42 Å². The van der Waals surface area contributed by atoms with E-state index in [-0.39, 0.29) is 30.1 Å². The molecular weight excluding hydrogens is 330 g/mol. The highest BCUT2D eigenvalue weighted by Crippen LogP contribution is 2.32. The van der Waals surface area contributed by atoms with Crippen molar-refractivity contribution in [1.82, 2.24) is 15.5 Å². The van der Waals surface area contributed by atoms with Crippen molar-refractivity contribution in [2.45, 2.75) is 38.9 Å². The molecule has 2 heterocycles. The lowest BCUT2D eigenvalue weighted by atomic mass is 9.99. The Balaban J connectivity index is 1.46. The Morgan fingerprint density at radius 3 is 2.69 bits per heavy atom. The van der Waals surface area contributed by atoms with E-state index in [9.17, 15) is 9.59 Å². The number of nitrogens with zero attached hydrogens (tertiary/aromatic N) is 1. The summed E-state index contributed by atoms with van der Waals surface area (Å²) in [5, 5.41) is 5.98. The zero-order valence-electron chi connectivity index (χ0n) is 15.6. The fourth-order valence-corrected chi connectivity index (χ4v) is 3.61. The van der Waals surface area contributed by atoms with Gasteiger partial charge in [-0.1, -0.05) is 44.2 Å². The SMILES string of the molecule is CC(C)CNC(=O)[C@H]1C[C@H]2CN(C(=O)NCCc3ccccc3)C[C@@H]1O2. The smallest absolute Gasteiger partial charge is 0.317 e. The third-order valence-corrected chi connectivity index (χ3v) is 5.00. The second kappa shape index (κ2) is 8.54. The molecular formula is C20H29N3O3. The summed E-state index contributed by atoms with van der Waals surface area (Å²) in [6, 6.07) is 10.0. The minimum Gasteiger partial charge on any atom is -0.370 e. The van der Waals surface area contributed by atoms with Gasteiger partial charge in [-0.05, 0) is 24.3 Å². The summed E-state index contributed by atoms with van der Waals surface area (Å²) in [4.78, 5) is 26.6. The molecule has 3 amide bonds. The number of likely N-dealkylation sites (tertiary alicyclic amines) is 1. The van der Waals surface area contributed by atoms with Crippen LogP contribution < -0.4 is 10.6 Å². The Bertz CT molecular complexity index is 620. The summed E-state index contributed by atoms with van der Waals surface area (Å²) in [7, 11) is 0. The number of fused-ring (bicyclic) bond motifs is 2. The lowest BCUT2D eigenvalue weighted by Gasteiger charge is -2.32. The van der Waals surface area contributed by atoms with Gasteiger partial charge in [0.05, 0.1) is 18.1 Å². The number of morpholine rings is 1. The molecule has 0 aromatic heterocycles. The highest BCUT2D eigenvalue weighted by molar-refractivity contribution is 5.80. The highest BCUT2D eigenvalue weighted by atomic mass is 16.5. The van der Waals surface area contributed by atoms with Crippen molar-refractivity contribution in [3.8, 4) is 0 Å². The molecule has 1 aromatic rings. The molecule has 1 aromatic carbocycles. The van der Waals surface area contributed by atoms with Crippen LogP contribution in [0.2, 0.25) is 0 Å². The summed E-state index contributed by atoms with van der Waals surface area (Å²) in [5.74, 6) is 0.325. The topological polar surface area (TPSA) is 70.7 Å². The quantitative estimate of drug-likeness (QED) is 0.814. The molecule has 2 N–H and O–H groups in total. The van der Waals surface area contributed by atoms with Crippen molar-refractivity contribution in [3.05, 3.63) is 35.9 Å². The molecule has 2 aliphatic rings. The molecule has 0 aliphatic carbocycles. The normalized spacial score (nSPS) is 24.6. The Labute approximate surface area is 155 Å². The molecule has 0 spiro atoms. The van der Waals surface area contributed by atoms with Crippen molar-refractivity contribution >= 4 is 11.9 Å². The minimum absolute atomic E-state index is 0.0385. The zero-order valence-corrected chi connectivity index (χ0v) is 15.6. The zero-order chi connectivity index (χ0) is 18.5. The first-order chi connectivity index (χ1) is 12.5. The maximum absolute atomic E-state index is 12.5. The van der Waals surface area contributed by atoms with Crippen LogP contribution in [-0.4, -0.2) is 55.2 Å². The number of rotatable bonds is 6. The van der Waals surface area contributed by atoms with E-state index in [4.69, 9.17) is 4.74 Å². The van der Waals surface area contributed by atoms with Crippen molar-refractivity contribution in [3.63, 3.8) is 0 Å². The summed E-state index contributed by atoms with van der Waals surface area (Å²) in [6.07, 6.45) is 1.27. The van der Waals surface area contributed by atoms with Crippen molar-refractivity contribution in [2.24, 2.45) is 11.8 Å². The average molecular weight is 359 g/mol. The largest absolute Gasteiger partial charge is 0.370 e. The van der Waals surface area contributed by atoms with Crippen LogP contribution in [0.4, 0.5) is 4.79 Å². The number of nitrogens with one attached hydrogen (secondary N) is 2. The molecule has 6 nitrogen and oxygen atoms in total. The fourth-order valence-electron chi connectivity index (χ4n) is 3.61. The van der Waals surface area contributed by atoms with Gasteiger partial charge in [-0.2, -0.15) is 0 Å². The monoisotopic (exact) mass is 359 g/mol. The second-order valence-electron chi connectivity index (χ2n) is 7.65. The third kappa shape index (κ3) is 4.75. The number of urea groups is 1. The van der Waals surface area contributed by atoms with Gasteiger partial charge in [0.2, 0.25) is 5.91 Å². The number of carbonyl (C=O) groups excluding carboxylic acids is 2. The maximum atomic E-state index is 12.5. The van der Waals surface area contributed by atoms with E-state index in [2.05, 4.69) is 36.6 Å². The van der Waals surface area contributed by atoms with Crippen LogP contribution in [0.3, 0.4) is 0 Å². The van der Waals surface area contributed by atoms with Crippen LogP contribution in [0, 0.1) is 11.8 Å². The molecule has 0 unspecified atom stereocenters. The van der Waals surface area contributed by atoms with Gasteiger partial charge in [0.15, 0.2) is 0 Å². The second-order valence-corrected chi connectivity index (χ2v) is 7.65. The van der Waals surface area contributed by atoms with Crippen molar-refractivity contribution in [2.75, 3.05) is 26.2 Å². The van der Waals surface area contributed by atoms with Crippen LogP contribution in [0.5, 0.6) is 0 Å². The van der Waals surface area contributed by atoms with Crippen LogP contribution in [0.15, 0.2) is 30.3 Å². The van der Waals surface area contributed by atoms with E-state index in [1.807, 2.05) is 18.2 Å². The van der Waals surface area contributed by atoms with Crippen LogP contribution in [0.1, 0.15) is 25.8 Å². The molecule has 2 saturated heterocycles. The third-order valence-electron chi connectivity index (χ3n) is 5.00. The maximum Gasteiger partial charge on any atom is 0.317 e. The molecule has 3 atom stereocenters. The van der Waals surface area contributed by atoms with Gasteiger partial charge >= 0.3 is 6.03 Å². The molecule has 2 bridgehead atoms. The Kier molecular flexibility index (Phi) is 6.14. The first kappa shape index (κ1) is 18.7. The van der Waals surface area contributed by atoms with E-state index in [0.29, 0.717) is 38.5 Å². The average Bonchev–Trinajstić information content (AvgIpc) is 2.94. The van der Waals surface area contributed by atoms with Crippen LogP contribution in [-0.2, 0) is 16.0 Å². The predicted molar refractivity (Wildman–Crippen MR) is 99.7 cm³/mol. The number of hydrogen-bond donors (Lipinski definition) is 2. The standard InChI is InChI=1S/C20H29N3O3/c1-14(2)11-22-19(24)17-10-16-12-23(13-18(17)26-16)20(25)21-9-8-15-6-4-3-5-7-15/h3-7,14,16-18H,8-13H2,1-2H3,(H,21,25)(H,22,24)/t16-,17-,18-/m0/s1. The minimum atomic E-state index is -0.194. The Hall–Kier alpha value is -2.08. The molecule has 2 aliphatic heterocycles. The van der Waals surface area contributed by atoms with Gasteiger partial charge < -0.3 is 20.3 Å². The summed E-state index contributed by atoms with van der Waals surface area (Å²) < 4.78 is 5.91. The van der Waals surface area contributed by atoms with Crippen LogP contribution in [0.25, 0.3) is 0 Å². The van der Waals surface area contributed by atoms with Gasteiger partial charge in [0.25, 0.3) is 0 Å². The van der Waals surface area contributed by atoms with Crippen molar-refractivity contribution < 1.29 is 14.3 Å². The number of benzene rings is 1. The van der Waals surface area contributed by atoms with E-state index in [1.165, 1.54) is 5.56 Å². The van der Waals surface area contributed by atoms with Gasteiger partial charge in [0, 0.05) is 26.2 Å². The lowest BCUT2D eigenvalue weighted by molar-refractivity contribution is -0.127.